The van der Waals surface area contributed by atoms with Crippen LogP contribution in [-0.2, 0) is 6.42 Å². The summed E-state index contributed by atoms with van der Waals surface area (Å²) in [6.45, 7) is 0.772. The number of methoxy groups -OCH3 is 1. The van der Waals surface area contributed by atoms with Crippen LogP contribution in [0.3, 0.4) is 0 Å². The van der Waals surface area contributed by atoms with E-state index in [9.17, 15) is 0 Å². The third kappa shape index (κ3) is 3.05. The molecule has 1 aromatic carbocycles. The van der Waals surface area contributed by atoms with Crippen LogP contribution in [0, 0.1) is 0 Å². The Bertz CT molecular complexity index is 756. The average molecular weight is 300 g/mol. The first-order valence-corrected chi connectivity index (χ1v) is 7.52. The summed E-state index contributed by atoms with van der Waals surface area (Å²) in [7, 11) is 1.67. The Labute approximate surface area is 126 Å². The number of fused-ring (bicyclic) bond motifs is 1. The number of nitrogens with one attached hydrogen (secondary N) is 1. The van der Waals surface area contributed by atoms with Gasteiger partial charge >= 0.3 is 0 Å². The van der Waals surface area contributed by atoms with E-state index in [-0.39, 0.29) is 0 Å². The van der Waals surface area contributed by atoms with Crippen molar-refractivity contribution in [1.82, 2.24) is 9.97 Å². The summed E-state index contributed by atoms with van der Waals surface area (Å²) in [5.41, 5.74) is 6.95. The highest BCUT2D eigenvalue weighted by Gasteiger charge is 2.06. The molecule has 0 bridgehead atoms. The highest BCUT2D eigenvalue weighted by Crippen LogP contribution is 2.25. The Morgan fingerprint density at radius 2 is 2.19 bits per heavy atom. The third-order valence-corrected chi connectivity index (χ3v) is 3.99. The molecule has 6 heteroatoms. The lowest BCUT2D eigenvalue weighted by atomic mass is 10.1. The molecule has 2 heterocycles. The number of aromatic nitrogens is 2. The molecule has 0 saturated carbocycles. The van der Waals surface area contributed by atoms with Gasteiger partial charge in [-0.05, 0) is 35.6 Å². The summed E-state index contributed by atoms with van der Waals surface area (Å²) in [5, 5.41) is 6.34. The number of nitrogens with zero attached hydrogens (tertiary/aromatic N) is 2. The van der Waals surface area contributed by atoms with Gasteiger partial charge in [0.1, 0.15) is 16.4 Å². The fourth-order valence-corrected chi connectivity index (χ4v) is 2.93. The molecule has 0 spiro atoms. The molecule has 0 fully saturated rings. The van der Waals surface area contributed by atoms with Crippen molar-refractivity contribution in [2.24, 2.45) is 0 Å². The van der Waals surface area contributed by atoms with E-state index in [1.54, 1.807) is 18.4 Å². The molecule has 3 rings (SSSR count). The minimum atomic E-state index is 0.300. The maximum atomic E-state index is 5.73. The predicted octanol–water partition coefficient (Wildman–Crippen LogP) is 2.94. The lowest BCUT2D eigenvalue weighted by Gasteiger charge is -2.08. The van der Waals surface area contributed by atoms with Gasteiger partial charge in [-0.15, -0.1) is 11.3 Å². The zero-order valence-corrected chi connectivity index (χ0v) is 12.5. The van der Waals surface area contributed by atoms with Crippen molar-refractivity contribution in [3.05, 3.63) is 41.3 Å². The lowest BCUT2D eigenvalue weighted by Crippen LogP contribution is -2.08. The van der Waals surface area contributed by atoms with Crippen molar-refractivity contribution in [2.75, 3.05) is 24.7 Å². The molecule has 0 amide bonds. The van der Waals surface area contributed by atoms with Gasteiger partial charge in [0.05, 0.1) is 12.5 Å². The second-order valence-electron chi connectivity index (χ2n) is 4.60. The zero-order valence-electron chi connectivity index (χ0n) is 11.7. The van der Waals surface area contributed by atoms with Gasteiger partial charge in [-0.2, -0.15) is 4.98 Å². The quantitative estimate of drug-likeness (QED) is 0.758. The molecule has 0 atom stereocenters. The molecule has 0 aliphatic carbocycles. The Morgan fingerprint density at radius 3 is 3.05 bits per heavy atom. The minimum absolute atomic E-state index is 0.300. The van der Waals surface area contributed by atoms with Crippen LogP contribution in [0.25, 0.3) is 10.2 Å². The second kappa shape index (κ2) is 5.97. The molecular formula is C15H16N4OS. The van der Waals surface area contributed by atoms with Crippen LogP contribution in [0.15, 0.2) is 35.7 Å². The SMILES string of the molecule is COc1cccc(CCNc2nc(N)nc3sccc23)c1. The summed E-state index contributed by atoms with van der Waals surface area (Å²) >= 11 is 1.56. The summed E-state index contributed by atoms with van der Waals surface area (Å²) in [5.74, 6) is 1.97. The fourth-order valence-electron chi connectivity index (χ4n) is 2.16. The lowest BCUT2D eigenvalue weighted by molar-refractivity contribution is 0.414. The monoisotopic (exact) mass is 300 g/mol. The fraction of sp³-hybridized carbons (Fsp3) is 0.200. The van der Waals surface area contributed by atoms with E-state index >= 15 is 0 Å². The predicted molar refractivity (Wildman–Crippen MR) is 87.0 cm³/mol. The van der Waals surface area contributed by atoms with Crippen LogP contribution in [0.5, 0.6) is 5.75 Å². The van der Waals surface area contributed by atoms with Gasteiger partial charge in [0.15, 0.2) is 0 Å². The number of nitrogen functional groups attached to an aromatic ring is 1. The van der Waals surface area contributed by atoms with E-state index in [2.05, 4.69) is 21.4 Å². The zero-order chi connectivity index (χ0) is 14.7. The van der Waals surface area contributed by atoms with Crippen LogP contribution in [0.2, 0.25) is 0 Å². The standard InChI is InChI=1S/C15H16N4OS/c1-20-11-4-2-3-10(9-11)5-7-17-13-12-6-8-21-14(12)19-15(16)18-13/h2-4,6,8-9H,5,7H2,1H3,(H3,16,17,18,19). The first-order chi connectivity index (χ1) is 10.3. The Kier molecular flexibility index (Phi) is 3.87. The Balaban J connectivity index is 1.70. The first-order valence-electron chi connectivity index (χ1n) is 6.64. The molecule has 3 aromatic rings. The minimum Gasteiger partial charge on any atom is -0.497 e. The molecule has 2 aromatic heterocycles. The van der Waals surface area contributed by atoms with Crippen LogP contribution < -0.4 is 15.8 Å². The topological polar surface area (TPSA) is 73.1 Å². The van der Waals surface area contributed by atoms with E-state index in [1.165, 1.54) is 5.56 Å². The molecule has 0 saturated heterocycles. The van der Waals surface area contributed by atoms with Crippen molar-refractivity contribution in [1.29, 1.82) is 0 Å². The van der Waals surface area contributed by atoms with Gasteiger partial charge in [-0.1, -0.05) is 12.1 Å². The van der Waals surface area contributed by atoms with Crippen LogP contribution >= 0.6 is 11.3 Å². The highest BCUT2D eigenvalue weighted by atomic mass is 32.1. The van der Waals surface area contributed by atoms with Crippen LogP contribution in [0.1, 0.15) is 5.56 Å². The molecule has 21 heavy (non-hydrogen) atoms. The molecule has 0 aliphatic rings. The maximum Gasteiger partial charge on any atom is 0.223 e. The summed E-state index contributed by atoms with van der Waals surface area (Å²) < 4.78 is 5.23. The first kappa shape index (κ1) is 13.6. The molecule has 0 aliphatic heterocycles. The number of nitrogens with two attached hydrogens (primary N) is 1. The van der Waals surface area contributed by atoms with Gasteiger partial charge in [0.2, 0.25) is 5.95 Å². The molecule has 108 valence electrons. The second-order valence-corrected chi connectivity index (χ2v) is 5.49. The number of ether oxygens (including phenoxy) is 1. The smallest absolute Gasteiger partial charge is 0.223 e. The number of benzene rings is 1. The van der Waals surface area contributed by atoms with Crippen molar-refractivity contribution < 1.29 is 4.74 Å². The van der Waals surface area contributed by atoms with Crippen molar-refractivity contribution in [3.63, 3.8) is 0 Å². The number of thiophene rings is 1. The van der Waals surface area contributed by atoms with Crippen LogP contribution in [-0.4, -0.2) is 23.6 Å². The van der Waals surface area contributed by atoms with Gasteiger partial charge in [-0.3, -0.25) is 0 Å². The third-order valence-electron chi connectivity index (χ3n) is 3.18. The van der Waals surface area contributed by atoms with E-state index in [0.717, 1.165) is 34.7 Å². The molecule has 0 radical (unpaired) electrons. The number of rotatable bonds is 5. The van der Waals surface area contributed by atoms with Crippen molar-refractivity contribution in [3.8, 4) is 5.75 Å². The van der Waals surface area contributed by atoms with Crippen molar-refractivity contribution in [2.45, 2.75) is 6.42 Å². The van der Waals surface area contributed by atoms with E-state index in [0.29, 0.717) is 5.95 Å². The van der Waals surface area contributed by atoms with Gasteiger partial charge < -0.3 is 15.8 Å². The highest BCUT2D eigenvalue weighted by molar-refractivity contribution is 7.16. The van der Waals surface area contributed by atoms with E-state index < -0.39 is 0 Å². The van der Waals surface area contributed by atoms with Crippen molar-refractivity contribution >= 4 is 33.3 Å². The number of hydrogen-bond donors (Lipinski definition) is 2. The van der Waals surface area contributed by atoms with Gasteiger partial charge in [0.25, 0.3) is 0 Å². The summed E-state index contributed by atoms with van der Waals surface area (Å²) in [4.78, 5) is 9.40. The Morgan fingerprint density at radius 1 is 1.29 bits per heavy atom. The van der Waals surface area contributed by atoms with E-state index in [4.69, 9.17) is 10.5 Å². The average Bonchev–Trinajstić information content (AvgIpc) is 2.95. The molecule has 3 N–H and O–H groups in total. The molecule has 0 unspecified atom stereocenters. The number of hydrogen-bond acceptors (Lipinski definition) is 6. The largest absolute Gasteiger partial charge is 0.497 e. The van der Waals surface area contributed by atoms with Gasteiger partial charge in [-0.25, -0.2) is 4.98 Å². The summed E-state index contributed by atoms with van der Waals surface area (Å²) in [6.07, 6.45) is 0.882. The normalized spacial score (nSPS) is 10.7. The van der Waals surface area contributed by atoms with Crippen LogP contribution in [0.4, 0.5) is 11.8 Å². The Hall–Kier alpha value is -2.34. The maximum absolute atomic E-state index is 5.73. The molecule has 5 nitrogen and oxygen atoms in total. The summed E-state index contributed by atoms with van der Waals surface area (Å²) in [6, 6.07) is 10.1. The van der Waals surface area contributed by atoms with Gasteiger partial charge in [0, 0.05) is 6.54 Å². The number of anilines is 2. The van der Waals surface area contributed by atoms with E-state index in [1.807, 2.05) is 29.6 Å². The molecular weight excluding hydrogens is 284 g/mol.